The highest BCUT2D eigenvalue weighted by Crippen LogP contribution is 2.19. The van der Waals surface area contributed by atoms with Gasteiger partial charge in [0.05, 0.1) is 5.54 Å². The van der Waals surface area contributed by atoms with E-state index in [2.05, 4.69) is 10.6 Å². The molecule has 82 valence electrons. The molecule has 0 aromatic carbocycles. The predicted octanol–water partition coefficient (Wildman–Crippen LogP) is 0.861. The van der Waals surface area contributed by atoms with Crippen LogP contribution in [0.2, 0.25) is 0 Å². The molecule has 4 nitrogen and oxygen atoms in total. The van der Waals surface area contributed by atoms with Gasteiger partial charge >= 0.3 is 0 Å². The predicted molar refractivity (Wildman–Crippen MR) is 57.9 cm³/mol. The Morgan fingerprint density at radius 3 is 2.40 bits per heavy atom. The fourth-order valence-corrected chi connectivity index (χ4v) is 1.52. The van der Waals surface area contributed by atoms with Crippen molar-refractivity contribution in [3.05, 3.63) is 23.9 Å². The van der Waals surface area contributed by atoms with Gasteiger partial charge in [-0.15, -0.1) is 0 Å². The minimum absolute atomic E-state index is 0.0569. The zero-order valence-electron chi connectivity index (χ0n) is 9.26. The molecule has 0 aliphatic heterocycles. The second-order valence-corrected chi connectivity index (χ2v) is 3.98. The Bertz CT molecular complexity index is 344. The summed E-state index contributed by atoms with van der Waals surface area (Å²) in [6.07, 6.45) is 6.27. The Morgan fingerprint density at radius 1 is 1.33 bits per heavy atom. The van der Waals surface area contributed by atoms with Gasteiger partial charge in [0, 0.05) is 19.5 Å². The maximum Gasteiger partial charge on any atom is 0.221 e. The molecule has 15 heavy (non-hydrogen) atoms. The molecule has 0 heterocycles. The van der Waals surface area contributed by atoms with Crippen LogP contribution in [-0.4, -0.2) is 17.4 Å². The van der Waals surface area contributed by atoms with Crippen LogP contribution in [0.25, 0.3) is 0 Å². The van der Waals surface area contributed by atoms with E-state index in [1.54, 1.807) is 6.08 Å². The summed E-state index contributed by atoms with van der Waals surface area (Å²) >= 11 is 0. The standard InChI is InChI=1S/C11H16N2O2/c1-8(14)12-10-4-6-11(3,7-5-10)13-9(2)15/h4-6H,7H2,1-3H3,(H,12,14)(H,13,15). The summed E-state index contributed by atoms with van der Waals surface area (Å²) in [6.45, 7) is 4.90. The average Bonchev–Trinajstić information content (AvgIpc) is 2.07. The van der Waals surface area contributed by atoms with Crippen LogP contribution < -0.4 is 10.6 Å². The molecule has 1 rings (SSSR count). The number of hydrogen-bond acceptors (Lipinski definition) is 2. The summed E-state index contributed by atoms with van der Waals surface area (Å²) in [5, 5.41) is 5.54. The van der Waals surface area contributed by atoms with Crippen molar-refractivity contribution in [1.82, 2.24) is 10.6 Å². The molecule has 0 aromatic rings. The van der Waals surface area contributed by atoms with Crippen LogP contribution in [0, 0.1) is 0 Å². The number of carbonyl (C=O) groups is 2. The van der Waals surface area contributed by atoms with Crippen molar-refractivity contribution >= 4 is 11.8 Å². The molecule has 0 saturated carbocycles. The van der Waals surface area contributed by atoms with E-state index in [0.717, 1.165) is 5.70 Å². The fraction of sp³-hybridized carbons (Fsp3) is 0.455. The number of nitrogens with one attached hydrogen (secondary N) is 2. The number of rotatable bonds is 2. The normalized spacial score (nSPS) is 24.3. The summed E-state index contributed by atoms with van der Waals surface area (Å²) in [6, 6.07) is 0. The third-order valence-corrected chi connectivity index (χ3v) is 2.16. The molecule has 4 heteroatoms. The Balaban J connectivity index is 2.62. The maximum atomic E-state index is 10.9. The summed E-state index contributed by atoms with van der Waals surface area (Å²) in [4.78, 5) is 21.7. The van der Waals surface area contributed by atoms with Gasteiger partial charge in [-0.2, -0.15) is 0 Å². The van der Waals surface area contributed by atoms with Crippen LogP contribution in [0.15, 0.2) is 23.9 Å². The lowest BCUT2D eigenvalue weighted by Crippen LogP contribution is -2.44. The number of allylic oxidation sites excluding steroid dienone is 1. The lowest BCUT2D eigenvalue weighted by atomic mass is 9.92. The van der Waals surface area contributed by atoms with Crippen molar-refractivity contribution < 1.29 is 9.59 Å². The molecule has 2 amide bonds. The summed E-state index contributed by atoms with van der Waals surface area (Å²) < 4.78 is 0. The number of hydrogen-bond donors (Lipinski definition) is 2. The molecule has 1 atom stereocenters. The van der Waals surface area contributed by atoms with E-state index in [1.807, 2.05) is 19.1 Å². The van der Waals surface area contributed by atoms with Crippen LogP contribution in [0.1, 0.15) is 27.2 Å². The van der Waals surface area contributed by atoms with Crippen molar-refractivity contribution in [1.29, 1.82) is 0 Å². The Hall–Kier alpha value is -1.58. The van der Waals surface area contributed by atoms with Crippen molar-refractivity contribution in [2.24, 2.45) is 0 Å². The zero-order valence-corrected chi connectivity index (χ0v) is 9.26. The molecule has 0 radical (unpaired) electrons. The molecule has 1 unspecified atom stereocenters. The molecule has 0 bridgehead atoms. The van der Waals surface area contributed by atoms with Crippen LogP contribution >= 0.6 is 0 Å². The monoisotopic (exact) mass is 208 g/mol. The van der Waals surface area contributed by atoms with E-state index in [0.29, 0.717) is 6.42 Å². The first-order chi connectivity index (χ1) is 6.91. The molecule has 1 aliphatic carbocycles. The van der Waals surface area contributed by atoms with Crippen LogP contribution in [0.4, 0.5) is 0 Å². The highest BCUT2D eigenvalue weighted by molar-refractivity contribution is 5.76. The average molecular weight is 208 g/mol. The first kappa shape index (κ1) is 11.5. The van der Waals surface area contributed by atoms with Gasteiger partial charge in [0.25, 0.3) is 0 Å². The van der Waals surface area contributed by atoms with Gasteiger partial charge in [-0.3, -0.25) is 9.59 Å². The third-order valence-electron chi connectivity index (χ3n) is 2.16. The van der Waals surface area contributed by atoms with E-state index >= 15 is 0 Å². The van der Waals surface area contributed by atoms with E-state index in [1.165, 1.54) is 13.8 Å². The first-order valence-electron chi connectivity index (χ1n) is 4.87. The van der Waals surface area contributed by atoms with Crippen molar-refractivity contribution in [2.75, 3.05) is 0 Å². The van der Waals surface area contributed by atoms with Gasteiger partial charge in [-0.1, -0.05) is 12.2 Å². The van der Waals surface area contributed by atoms with E-state index in [4.69, 9.17) is 0 Å². The lowest BCUT2D eigenvalue weighted by Gasteiger charge is -2.28. The Kier molecular flexibility index (Phi) is 3.29. The Morgan fingerprint density at radius 2 is 2.00 bits per heavy atom. The molecule has 0 saturated heterocycles. The lowest BCUT2D eigenvalue weighted by molar-refractivity contribution is -0.120. The SMILES string of the molecule is CC(=O)NC1=CCC(C)(NC(C)=O)C=C1. The smallest absolute Gasteiger partial charge is 0.221 e. The highest BCUT2D eigenvalue weighted by atomic mass is 16.2. The first-order valence-corrected chi connectivity index (χ1v) is 4.87. The number of carbonyl (C=O) groups excluding carboxylic acids is 2. The molecular weight excluding hydrogens is 192 g/mol. The van der Waals surface area contributed by atoms with Gasteiger partial charge in [0.1, 0.15) is 0 Å². The largest absolute Gasteiger partial charge is 0.347 e. The van der Waals surface area contributed by atoms with Crippen molar-refractivity contribution in [3.63, 3.8) is 0 Å². The molecular formula is C11H16N2O2. The molecule has 2 N–H and O–H groups in total. The van der Waals surface area contributed by atoms with Gasteiger partial charge in [-0.25, -0.2) is 0 Å². The summed E-state index contributed by atoms with van der Waals surface area (Å²) in [7, 11) is 0. The fourth-order valence-electron chi connectivity index (χ4n) is 1.52. The molecule has 0 aromatic heterocycles. The topological polar surface area (TPSA) is 58.2 Å². The summed E-state index contributed by atoms with van der Waals surface area (Å²) in [5.41, 5.74) is 0.443. The van der Waals surface area contributed by atoms with E-state index in [9.17, 15) is 9.59 Å². The van der Waals surface area contributed by atoms with Crippen molar-refractivity contribution in [3.8, 4) is 0 Å². The number of amides is 2. The minimum atomic E-state index is -0.339. The maximum absolute atomic E-state index is 10.9. The van der Waals surface area contributed by atoms with E-state index in [-0.39, 0.29) is 17.4 Å². The van der Waals surface area contributed by atoms with Crippen LogP contribution in [0.5, 0.6) is 0 Å². The molecule has 0 spiro atoms. The van der Waals surface area contributed by atoms with Crippen molar-refractivity contribution in [2.45, 2.75) is 32.7 Å². The molecule has 1 aliphatic rings. The van der Waals surface area contributed by atoms with Gasteiger partial charge in [-0.05, 0) is 19.4 Å². The van der Waals surface area contributed by atoms with Crippen LogP contribution in [0.3, 0.4) is 0 Å². The Labute approximate surface area is 89.4 Å². The zero-order chi connectivity index (χ0) is 11.5. The van der Waals surface area contributed by atoms with Gasteiger partial charge < -0.3 is 10.6 Å². The minimum Gasteiger partial charge on any atom is -0.347 e. The van der Waals surface area contributed by atoms with Crippen LogP contribution in [-0.2, 0) is 9.59 Å². The van der Waals surface area contributed by atoms with Gasteiger partial charge in [0.15, 0.2) is 0 Å². The van der Waals surface area contributed by atoms with Gasteiger partial charge in [0.2, 0.25) is 11.8 Å². The quantitative estimate of drug-likeness (QED) is 0.707. The second-order valence-electron chi connectivity index (χ2n) is 3.98. The van der Waals surface area contributed by atoms with E-state index < -0.39 is 0 Å². The second kappa shape index (κ2) is 4.29. The highest BCUT2D eigenvalue weighted by Gasteiger charge is 2.23. The third kappa shape index (κ3) is 3.58. The molecule has 0 fully saturated rings. The summed E-state index contributed by atoms with van der Waals surface area (Å²) in [5.74, 6) is -0.146.